The minimum Gasteiger partial charge on any atom is -0.322 e. The van der Waals surface area contributed by atoms with Gasteiger partial charge in [0.05, 0.1) is 10.4 Å². The molecule has 0 spiro atoms. The van der Waals surface area contributed by atoms with E-state index in [1.165, 1.54) is 11.3 Å². The molecular formula is C26H20N2O3S. The van der Waals surface area contributed by atoms with Crippen LogP contribution in [0.15, 0.2) is 90.3 Å². The normalized spacial score (nSPS) is 10.4. The van der Waals surface area contributed by atoms with Gasteiger partial charge in [0.25, 0.3) is 11.8 Å². The number of benzene rings is 3. The van der Waals surface area contributed by atoms with Crippen LogP contribution in [0.3, 0.4) is 0 Å². The van der Waals surface area contributed by atoms with Gasteiger partial charge in [0.15, 0.2) is 5.78 Å². The molecule has 0 bridgehead atoms. The van der Waals surface area contributed by atoms with E-state index in [0.717, 1.165) is 5.56 Å². The summed E-state index contributed by atoms with van der Waals surface area (Å²) < 4.78 is 0. The Morgan fingerprint density at radius 3 is 2.00 bits per heavy atom. The van der Waals surface area contributed by atoms with Gasteiger partial charge in [-0.3, -0.25) is 14.4 Å². The van der Waals surface area contributed by atoms with Crippen LogP contribution in [0, 0.1) is 6.92 Å². The SMILES string of the molecule is Cc1ccc(C(=O)c2ccccc2C(=O)Nc2cccc(NC(=O)c3cccs3)c2)cc1. The molecule has 0 radical (unpaired) electrons. The predicted molar refractivity (Wildman–Crippen MR) is 128 cm³/mol. The van der Waals surface area contributed by atoms with E-state index in [1.807, 2.05) is 30.5 Å². The van der Waals surface area contributed by atoms with Crippen molar-refractivity contribution in [3.63, 3.8) is 0 Å². The van der Waals surface area contributed by atoms with Crippen LogP contribution < -0.4 is 10.6 Å². The third kappa shape index (κ3) is 4.82. The summed E-state index contributed by atoms with van der Waals surface area (Å²) in [4.78, 5) is 38.9. The molecule has 0 saturated carbocycles. The molecule has 6 heteroatoms. The van der Waals surface area contributed by atoms with Crippen molar-refractivity contribution in [3.8, 4) is 0 Å². The van der Waals surface area contributed by atoms with E-state index < -0.39 is 5.91 Å². The van der Waals surface area contributed by atoms with E-state index in [9.17, 15) is 14.4 Å². The first-order chi connectivity index (χ1) is 15.5. The summed E-state index contributed by atoms with van der Waals surface area (Å²) in [5.74, 6) is -0.826. The Morgan fingerprint density at radius 1 is 0.688 bits per heavy atom. The third-order valence-electron chi connectivity index (χ3n) is 4.85. The van der Waals surface area contributed by atoms with Crippen LogP contribution in [0.25, 0.3) is 0 Å². The molecule has 0 unspecified atom stereocenters. The third-order valence-corrected chi connectivity index (χ3v) is 5.72. The smallest absolute Gasteiger partial charge is 0.265 e. The standard InChI is InChI=1S/C26H20N2O3S/c1-17-11-13-18(14-12-17)24(29)21-8-2-3-9-22(21)25(30)27-19-6-4-7-20(16-19)28-26(31)23-10-5-15-32-23/h2-16H,1H3,(H,27,30)(H,28,31). The van der Waals surface area contributed by atoms with Gasteiger partial charge in [-0.2, -0.15) is 0 Å². The Bertz CT molecular complexity index is 1280. The molecule has 0 atom stereocenters. The molecule has 2 N–H and O–H groups in total. The zero-order chi connectivity index (χ0) is 22.5. The monoisotopic (exact) mass is 440 g/mol. The maximum absolute atomic E-state index is 13.0. The van der Waals surface area contributed by atoms with Crippen LogP contribution in [0.2, 0.25) is 0 Å². The summed E-state index contributed by atoms with van der Waals surface area (Å²) in [6.07, 6.45) is 0. The second-order valence-electron chi connectivity index (χ2n) is 7.21. The maximum Gasteiger partial charge on any atom is 0.265 e. The molecule has 0 aliphatic carbocycles. The topological polar surface area (TPSA) is 75.3 Å². The number of anilines is 2. The quantitative estimate of drug-likeness (QED) is 0.373. The second-order valence-corrected chi connectivity index (χ2v) is 8.15. The molecule has 158 valence electrons. The number of nitrogens with one attached hydrogen (secondary N) is 2. The van der Waals surface area contributed by atoms with Gasteiger partial charge in [-0.25, -0.2) is 0 Å². The van der Waals surface area contributed by atoms with Gasteiger partial charge in [0, 0.05) is 22.5 Å². The fourth-order valence-electron chi connectivity index (χ4n) is 3.21. The molecule has 3 aromatic carbocycles. The van der Waals surface area contributed by atoms with E-state index in [2.05, 4.69) is 10.6 Å². The lowest BCUT2D eigenvalue weighted by molar-refractivity contribution is 0.0996. The molecule has 0 aliphatic rings. The maximum atomic E-state index is 13.0. The lowest BCUT2D eigenvalue weighted by atomic mass is 9.97. The highest BCUT2D eigenvalue weighted by molar-refractivity contribution is 7.12. The van der Waals surface area contributed by atoms with Crippen molar-refractivity contribution in [1.82, 2.24) is 0 Å². The molecule has 0 fully saturated rings. The Labute approximate surface area is 189 Å². The second kappa shape index (κ2) is 9.41. The van der Waals surface area contributed by atoms with E-state index in [4.69, 9.17) is 0 Å². The molecule has 4 aromatic rings. The molecule has 2 amide bonds. The van der Waals surface area contributed by atoms with Crippen molar-refractivity contribution in [2.75, 3.05) is 10.6 Å². The van der Waals surface area contributed by atoms with Gasteiger partial charge in [0.2, 0.25) is 0 Å². The van der Waals surface area contributed by atoms with Crippen molar-refractivity contribution < 1.29 is 14.4 Å². The van der Waals surface area contributed by atoms with Gasteiger partial charge in [-0.1, -0.05) is 60.2 Å². The van der Waals surface area contributed by atoms with Crippen LogP contribution in [0.4, 0.5) is 11.4 Å². The summed E-state index contributed by atoms with van der Waals surface area (Å²) in [5, 5.41) is 7.48. The summed E-state index contributed by atoms with van der Waals surface area (Å²) >= 11 is 1.35. The van der Waals surface area contributed by atoms with E-state index in [-0.39, 0.29) is 17.3 Å². The van der Waals surface area contributed by atoms with Crippen molar-refractivity contribution in [1.29, 1.82) is 0 Å². The number of ketones is 1. The summed E-state index contributed by atoms with van der Waals surface area (Å²) in [7, 11) is 0. The zero-order valence-corrected chi connectivity index (χ0v) is 18.1. The largest absolute Gasteiger partial charge is 0.322 e. The minimum atomic E-state index is -0.400. The van der Waals surface area contributed by atoms with E-state index in [1.54, 1.807) is 66.7 Å². The number of hydrogen-bond donors (Lipinski definition) is 2. The summed E-state index contributed by atoms with van der Waals surface area (Å²) in [6, 6.07) is 24.4. The van der Waals surface area contributed by atoms with Gasteiger partial charge < -0.3 is 10.6 Å². The Kier molecular flexibility index (Phi) is 6.24. The van der Waals surface area contributed by atoms with Gasteiger partial charge in [0.1, 0.15) is 0 Å². The number of hydrogen-bond acceptors (Lipinski definition) is 4. The first kappa shape index (κ1) is 21.2. The van der Waals surface area contributed by atoms with E-state index in [0.29, 0.717) is 27.4 Å². The van der Waals surface area contributed by atoms with Gasteiger partial charge in [-0.05, 0) is 42.6 Å². The average Bonchev–Trinajstić information content (AvgIpc) is 3.35. The van der Waals surface area contributed by atoms with Crippen molar-refractivity contribution >= 4 is 40.3 Å². The summed E-state index contributed by atoms with van der Waals surface area (Å²) in [6.45, 7) is 1.95. The molecule has 1 aromatic heterocycles. The number of carbonyl (C=O) groups excluding carboxylic acids is 3. The molecule has 1 heterocycles. The predicted octanol–water partition coefficient (Wildman–Crippen LogP) is 5.79. The number of thiophene rings is 1. The lowest BCUT2D eigenvalue weighted by Crippen LogP contribution is -2.17. The molecule has 5 nitrogen and oxygen atoms in total. The minimum absolute atomic E-state index is 0.211. The molecular weight excluding hydrogens is 420 g/mol. The van der Waals surface area contributed by atoms with E-state index >= 15 is 0 Å². The Morgan fingerprint density at radius 2 is 1.34 bits per heavy atom. The highest BCUT2D eigenvalue weighted by Crippen LogP contribution is 2.20. The molecule has 0 aliphatic heterocycles. The first-order valence-corrected chi connectivity index (χ1v) is 10.9. The number of carbonyl (C=O) groups is 3. The fourth-order valence-corrected chi connectivity index (χ4v) is 3.83. The van der Waals surface area contributed by atoms with Gasteiger partial charge >= 0.3 is 0 Å². The van der Waals surface area contributed by atoms with Crippen LogP contribution in [0.1, 0.15) is 41.5 Å². The van der Waals surface area contributed by atoms with Crippen LogP contribution in [0.5, 0.6) is 0 Å². The fraction of sp³-hybridized carbons (Fsp3) is 0.0385. The highest BCUT2D eigenvalue weighted by atomic mass is 32.1. The Hall–Kier alpha value is -4.03. The van der Waals surface area contributed by atoms with Crippen LogP contribution in [-0.2, 0) is 0 Å². The number of rotatable bonds is 6. The number of amides is 2. The van der Waals surface area contributed by atoms with Crippen molar-refractivity contribution in [2.45, 2.75) is 6.92 Å². The van der Waals surface area contributed by atoms with Crippen LogP contribution >= 0.6 is 11.3 Å². The van der Waals surface area contributed by atoms with Crippen molar-refractivity contribution in [3.05, 3.63) is 117 Å². The van der Waals surface area contributed by atoms with Crippen molar-refractivity contribution in [2.24, 2.45) is 0 Å². The molecule has 4 rings (SSSR count). The van der Waals surface area contributed by atoms with Crippen LogP contribution in [-0.4, -0.2) is 17.6 Å². The summed E-state index contributed by atoms with van der Waals surface area (Å²) in [5.41, 5.74) is 3.26. The average molecular weight is 441 g/mol. The molecule has 0 saturated heterocycles. The Balaban J connectivity index is 1.53. The van der Waals surface area contributed by atoms with Gasteiger partial charge in [-0.15, -0.1) is 11.3 Å². The first-order valence-electron chi connectivity index (χ1n) is 9.98. The molecule has 32 heavy (non-hydrogen) atoms. The lowest BCUT2D eigenvalue weighted by Gasteiger charge is -2.11. The number of aryl methyl sites for hydroxylation is 1. The zero-order valence-electron chi connectivity index (χ0n) is 17.3. The highest BCUT2D eigenvalue weighted by Gasteiger charge is 2.18.